The van der Waals surface area contributed by atoms with E-state index in [9.17, 15) is 4.79 Å². The van der Waals surface area contributed by atoms with Crippen molar-refractivity contribution < 1.29 is 14.3 Å². The van der Waals surface area contributed by atoms with Gasteiger partial charge in [0.05, 0.1) is 43.6 Å². The average Bonchev–Trinajstić information content (AvgIpc) is 3.13. The molecule has 1 aliphatic rings. The lowest BCUT2D eigenvalue weighted by atomic mass is 10.2. The molecule has 0 amide bonds. The number of ether oxygens (including phenoxy) is 2. The first-order valence-electron chi connectivity index (χ1n) is 6.84. The van der Waals surface area contributed by atoms with E-state index < -0.39 is 0 Å². The van der Waals surface area contributed by atoms with Crippen molar-refractivity contribution in [1.82, 2.24) is 4.98 Å². The second-order valence-electron chi connectivity index (χ2n) is 5.04. The van der Waals surface area contributed by atoms with Gasteiger partial charge in [-0.3, -0.25) is 9.79 Å². The summed E-state index contributed by atoms with van der Waals surface area (Å²) in [5.41, 5.74) is 8.45. The molecule has 0 fully saturated rings. The highest BCUT2D eigenvalue weighted by molar-refractivity contribution is 8.14. The number of carbonyl (C=O) groups excluding carboxylic acids is 1. The van der Waals surface area contributed by atoms with Crippen molar-refractivity contribution in [2.75, 3.05) is 25.7 Å². The fraction of sp³-hybridized carbons (Fsp3) is 0.333. The topological polar surface area (TPSA) is 89.7 Å². The number of methoxy groups -OCH3 is 2. The number of aromatic nitrogens is 1. The van der Waals surface area contributed by atoms with Gasteiger partial charge in [-0.05, 0) is 12.1 Å². The van der Waals surface area contributed by atoms with Crippen molar-refractivity contribution >= 4 is 39.4 Å². The van der Waals surface area contributed by atoms with E-state index in [0.29, 0.717) is 12.1 Å². The maximum absolute atomic E-state index is 11.3. The summed E-state index contributed by atoms with van der Waals surface area (Å²) < 4.78 is 9.92. The summed E-state index contributed by atoms with van der Waals surface area (Å²) in [5.74, 6) is 1.26. The van der Waals surface area contributed by atoms with Gasteiger partial charge in [0.2, 0.25) is 0 Å². The Hall–Kier alpha value is -2.15. The Balaban J connectivity index is 1.89. The molecule has 1 aromatic carbocycles. The van der Waals surface area contributed by atoms with E-state index in [4.69, 9.17) is 10.5 Å². The average molecular weight is 319 g/mol. The van der Waals surface area contributed by atoms with Crippen LogP contribution in [0.4, 0.5) is 5.69 Å². The molecule has 3 N–H and O–H groups in total. The zero-order valence-corrected chi connectivity index (χ0v) is 13.2. The maximum atomic E-state index is 11.3. The van der Waals surface area contributed by atoms with Crippen LogP contribution in [-0.2, 0) is 9.53 Å². The lowest BCUT2D eigenvalue weighted by Gasteiger charge is -2.02. The van der Waals surface area contributed by atoms with Gasteiger partial charge < -0.3 is 20.2 Å². The number of nitrogens with two attached hydrogens (primary N) is 1. The predicted octanol–water partition coefficient (Wildman–Crippen LogP) is 2.18. The van der Waals surface area contributed by atoms with Crippen LogP contribution in [0.1, 0.15) is 12.1 Å². The van der Waals surface area contributed by atoms with Crippen molar-refractivity contribution in [3.05, 3.63) is 23.9 Å². The fourth-order valence-corrected chi connectivity index (χ4v) is 3.45. The molecule has 1 unspecified atom stereocenters. The number of H-pyrrole nitrogens is 1. The molecule has 0 saturated carbocycles. The SMILES string of the molecule is COC(=O)CC1CSC(c2cc3cc(OC)cc(N)c3[nH]2)=N1. The van der Waals surface area contributed by atoms with Gasteiger partial charge in [-0.2, -0.15) is 0 Å². The minimum absolute atomic E-state index is 0.0363. The molecule has 6 nitrogen and oxygen atoms in total. The highest BCUT2D eigenvalue weighted by atomic mass is 32.2. The molecular formula is C15H17N3O3S. The van der Waals surface area contributed by atoms with Gasteiger partial charge >= 0.3 is 5.97 Å². The Bertz CT molecular complexity index is 754. The summed E-state index contributed by atoms with van der Waals surface area (Å²) in [4.78, 5) is 19.2. The summed E-state index contributed by atoms with van der Waals surface area (Å²) in [6, 6.07) is 5.68. The molecule has 0 bridgehead atoms. The first-order chi connectivity index (χ1) is 10.6. The van der Waals surface area contributed by atoms with Crippen molar-refractivity contribution in [2.45, 2.75) is 12.5 Å². The number of nitrogen functional groups attached to an aromatic ring is 1. The third-order valence-corrected chi connectivity index (χ3v) is 4.69. The van der Waals surface area contributed by atoms with Crippen molar-refractivity contribution in [2.24, 2.45) is 4.99 Å². The zero-order chi connectivity index (χ0) is 15.7. The minimum Gasteiger partial charge on any atom is -0.497 e. The van der Waals surface area contributed by atoms with Crippen LogP contribution in [0, 0.1) is 0 Å². The third kappa shape index (κ3) is 2.76. The van der Waals surface area contributed by atoms with Crippen LogP contribution in [0.25, 0.3) is 10.9 Å². The Morgan fingerprint density at radius 3 is 3.00 bits per heavy atom. The van der Waals surface area contributed by atoms with Crippen LogP contribution < -0.4 is 10.5 Å². The first-order valence-corrected chi connectivity index (χ1v) is 7.83. The van der Waals surface area contributed by atoms with E-state index >= 15 is 0 Å². The number of nitrogens with zero attached hydrogens (tertiary/aromatic N) is 1. The summed E-state index contributed by atoms with van der Waals surface area (Å²) in [6.07, 6.45) is 0.309. The molecule has 7 heteroatoms. The third-order valence-electron chi connectivity index (χ3n) is 3.54. The molecule has 0 radical (unpaired) electrons. The molecule has 116 valence electrons. The predicted molar refractivity (Wildman–Crippen MR) is 88.7 cm³/mol. The Morgan fingerprint density at radius 1 is 1.45 bits per heavy atom. The highest BCUT2D eigenvalue weighted by Crippen LogP contribution is 2.31. The van der Waals surface area contributed by atoms with E-state index in [1.807, 2.05) is 12.1 Å². The normalized spacial score (nSPS) is 17.5. The number of anilines is 1. The molecule has 0 aliphatic carbocycles. The lowest BCUT2D eigenvalue weighted by molar-refractivity contribution is -0.140. The number of hydrogen-bond donors (Lipinski definition) is 2. The van der Waals surface area contributed by atoms with E-state index in [1.54, 1.807) is 24.9 Å². The molecule has 2 aromatic rings. The van der Waals surface area contributed by atoms with Gasteiger partial charge in [0.15, 0.2) is 0 Å². The highest BCUT2D eigenvalue weighted by Gasteiger charge is 2.23. The molecule has 0 saturated heterocycles. The number of benzene rings is 1. The number of fused-ring (bicyclic) bond motifs is 1. The van der Waals surface area contributed by atoms with Crippen LogP contribution in [-0.4, -0.2) is 42.0 Å². The summed E-state index contributed by atoms with van der Waals surface area (Å²) in [5, 5.41) is 1.87. The zero-order valence-electron chi connectivity index (χ0n) is 12.4. The van der Waals surface area contributed by atoms with Gasteiger partial charge in [-0.1, -0.05) is 0 Å². The number of nitrogens with one attached hydrogen (secondary N) is 1. The lowest BCUT2D eigenvalue weighted by Crippen LogP contribution is -2.12. The summed E-state index contributed by atoms with van der Waals surface area (Å²) >= 11 is 1.63. The summed E-state index contributed by atoms with van der Waals surface area (Å²) in [6.45, 7) is 0. The molecular weight excluding hydrogens is 302 g/mol. The van der Waals surface area contributed by atoms with Crippen molar-refractivity contribution in [3.8, 4) is 5.75 Å². The summed E-state index contributed by atoms with van der Waals surface area (Å²) in [7, 11) is 3.01. The fourth-order valence-electron chi connectivity index (χ4n) is 2.42. The van der Waals surface area contributed by atoms with Crippen LogP contribution >= 0.6 is 11.8 Å². The van der Waals surface area contributed by atoms with Gasteiger partial charge in [-0.25, -0.2) is 0 Å². The van der Waals surface area contributed by atoms with Gasteiger partial charge in [0.25, 0.3) is 0 Å². The Labute approximate surface area is 132 Å². The number of hydrogen-bond acceptors (Lipinski definition) is 6. The van der Waals surface area contributed by atoms with Gasteiger partial charge in [-0.15, -0.1) is 11.8 Å². The largest absolute Gasteiger partial charge is 0.497 e. The second kappa shape index (κ2) is 5.92. The van der Waals surface area contributed by atoms with Crippen LogP contribution in [0.5, 0.6) is 5.75 Å². The Morgan fingerprint density at radius 2 is 2.27 bits per heavy atom. The van der Waals surface area contributed by atoms with Gasteiger partial charge in [0.1, 0.15) is 10.8 Å². The molecule has 22 heavy (non-hydrogen) atoms. The van der Waals surface area contributed by atoms with Gasteiger partial charge in [0, 0.05) is 17.2 Å². The number of aromatic amines is 1. The van der Waals surface area contributed by atoms with Crippen molar-refractivity contribution in [1.29, 1.82) is 0 Å². The van der Waals surface area contributed by atoms with Crippen molar-refractivity contribution in [3.63, 3.8) is 0 Å². The minimum atomic E-state index is -0.235. The van der Waals surface area contributed by atoms with E-state index in [1.165, 1.54) is 7.11 Å². The number of esters is 1. The maximum Gasteiger partial charge on any atom is 0.307 e. The van der Waals surface area contributed by atoms with E-state index in [0.717, 1.165) is 33.1 Å². The molecule has 3 rings (SSSR count). The number of thioether (sulfide) groups is 1. The van der Waals surface area contributed by atoms with Crippen LogP contribution in [0.2, 0.25) is 0 Å². The second-order valence-corrected chi connectivity index (χ2v) is 6.05. The van der Waals surface area contributed by atoms with E-state index in [-0.39, 0.29) is 12.0 Å². The van der Waals surface area contributed by atoms with Crippen LogP contribution in [0.15, 0.2) is 23.2 Å². The Kier molecular flexibility index (Phi) is 3.98. The quantitative estimate of drug-likeness (QED) is 0.666. The monoisotopic (exact) mass is 319 g/mol. The van der Waals surface area contributed by atoms with Crippen LogP contribution in [0.3, 0.4) is 0 Å². The first kappa shape index (κ1) is 14.8. The standard InChI is InChI=1S/C15H17N3O3S/c1-20-10-3-8-4-12(18-14(8)11(16)6-10)15-17-9(7-22-15)5-13(19)21-2/h3-4,6,9,18H,5,7,16H2,1-2H3. The van der Waals surface area contributed by atoms with E-state index in [2.05, 4.69) is 14.7 Å². The number of aliphatic imine (C=N–C) groups is 1. The molecule has 0 spiro atoms. The number of rotatable bonds is 4. The molecule has 1 atom stereocenters. The number of carbonyl (C=O) groups is 1. The smallest absolute Gasteiger partial charge is 0.307 e. The molecule has 1 aromatic heterocycles. The molecule has 1 aliphatic heterocycles. The molecule has 2 heterocycles.